The third-order valence-corrected chi connectivity index (χ3v) is 6.76. The number of hydrogen-bond donors (Lipinski definition) is 3. The molecule has 0 bridgehead atoms. The van der Waals surface area contributed by atoms with Gasteiger partial charge in [0.25, 0.3) is 11.8 Å². The Hall–Kier alpha value is -3.79. The Balaban J connectivity index is 1.61. The Morgan fingerprint density at radius 1 is 1.09 bits per heavy atom. The van der Waals surface area contributed by atoms with Gasteiger partial charge in [-0.25, -0.2) is 8.91 Å². The van der Waals surface area contributed by atoms with E-state index in [1.54, 1.807) is 30.5 Å². The zero-order valence-corrected chi connectivity index (χ0v) is 20.5. The van der Waals surface area contributed by atoms with Gasteiger partial charge in [-0.05, 0) is 60.5 Å². The number of anilines is 1. The molecule has 35 heavy (non-hydrogen) atoms. The van der Waals surface area contributed by atoms with Crippen LogP contribution in [-0.2, 0) is 0 Å². The molecule has 2 amide bonds. The summed E-state index contributed by atoms with van der Waals surface area (Å²) in [5.41, 5.74) is 8.82. The lowest BCUT2D eigenvalue weighted by molar-refractivity contribution is 0.0931. The van der Waals surface area contributed by atoms with Gasteiger partial charge >= 0.3 is 0 Å². The minimum atomic E-state index is -0.318. The standard InChI is InChI=1S/C25H27FN6O2S/c1-4-14(3)28-23(33)19-10-16(12-32-22(19)30-25(27)31-32)17-11-21(35-13-17)24(34)29-20(5-2)15-6-8-18(26)9-7-15/h6-14,20H,4-5H2,1-3H3,(H2,27,31)(H,28,33)(H,29,34)/t14-,20+/m1/s1. The number of nitrogen functional groups attached to an aromatic ring is 1. The summed E-state index contributed by atoms with van der Waals surface area (Å²) in [6.07, 6.45) is 3.18. The zero-order chi connectivity index (χ0) is 25.1. The lowest BCUT2D eigenvalue weighted by Crippen LogP contribution is -2.32. The number of rotatable bonds is 8. The Labute approximate surface area is 206 Å². The number of halogens is 1. The van der Waals surface area contributed by atoms with Crippen LogP contribution in [0.3, 0.4) is 0 Å². The smallest absolute Gasteiger partial charge is 0.261 e. The van der Waals surface area contributed by atoms with Gasteiger partial charge in [0.15, 0.2) is 5.65 Å². The summed E-state index contributed by atoms with van der Waals surface area (Å²) in [5, 5.41) is 12.0. The fraction of sp³-hybridized carbons (Fsp3) is 0.280. The Morgan fingerprint density at radius 2 is 1.83 bits per heavy atom. The average molecular weight is 495 g/mol. The third kappa shape index (κ3) is 5.32. The maximum atomic E-state index is 13.3. The van der Waals surface area contributed by atoms with Crippen molar-refractivity contribution in [3.8, 4) is 11.1 Å². The van der Waals surface area contributed by atoms with Gasteiger partial charge in [-0.1, -0.05) is 26.0 Å². The van der Waals surface area contributed by atoms with Crippen molar-refractivity contribution in [3.05, 3.63) is 69.8 Å². The van der Waals surface area contributed by atoms with E-state index in [-0.39, 0.29) is 35.7 Å². The summed E-state index contributed by atoms with van der Waals surface area (Å²) in [6, 6.07) is 9.39. The number of nitrogens with one attached hydrogen (secondary N) is 2. The first-order valence-corrected chi connectivity index (χ1v) is 12.3. The van der Waals surface area contributed by atoms with E-state index in [4.69, 9.17) is 5.73 Å². The van der Waals surface area contributed by atoms with E-state index in [1.807, 2.05) is 26.2 Å². The molecule has 4 aromatic rings. The van der Waals surface area contributed by atoms with Crippen molar-refractivity contribution in [2.45, 2.75) is 45.7 Å². The maximum absolute atomic E-state index is 13.3. The van der Waals surface area contributed by atoms with E-state index in [9.17, 15) is 14.0 Å². The highest BCUT2D eigenvalue weighted by molar-refractivity contribution is 7.12. The Bertz CT molecular complexity index is 1360. The number of nitrogens with two attached hydrogens (primary N) is 1. The average Bonchev–Trinajstić information content (AvgIpc) is 3.48. The Kier molecular flexibility index (Phi) is 7.11. The summed E-state index contributed by atoms with van der Waals surface area (Å²) in [5.74, 6) is -0.743. The van der Waals surface area contributed by atoms with Crippen molar-refractivity contribution < 1.29 is 14.0 Å². The normalized spacial score (nSPS) is 12.9. The number of carbonyl (C=O) groups is 2. The number of hydrogen-bond acceptors (Lipinski definition) is 6. The maximum Gasteiger partial charge on any atom is 0.261 e. The molecule has 0 aliphatic carbocycles. The molecule has 8 nitrogen and oxygen atoms in total. The topological polar surface area (TPSA) is 114 Å². The van der Waals surface area contributed by atoms with Gasteiger partial charge in [-0.2, -0.15) is 4.98 Å². The molecule has 2 atom stereocenters. The van der Waals surface area contributed by atoms with Gasteiger partial charge < -0.3 is 16.4 Å². The molecule has 3 aromatic heterocycles. The summed E-state index contributed by atoms with van der Waals surface area (Å²) in [4.78, 5) is 30.6. The number of amides is 2. The molecule has 1 aromatic carbocycles. The van der Waals surface area contributed by atoms with Crippen LogP contribution in [0.5, 0.6) is 0 Å². The molecule has 4 rings (SSSR count). The molecule has 0 spiro atoms. The molecule has 4 N–H and O–H groups in total. The second-order valence-electron chi connectivity index (χ2n) is 8.35. The van der Waals surface area contributed by atoms with Crippen molar-refractivity contribution in [2.75, 3.05) is 5.73 Å². The fourth-order valence-corrected chi connectivity index (χ4v) is 4.50. The first-order chi connectivity index (χ1) is 16.8. The minimum Gasteiger partial charge on any atom is -0.366 e. The molecule has 0 unspecified atom stereocenters. The number of thiophene rings is 1. The van der Waals surface area contributed by atoms with Crippen LogP contribution in [-0.4, -0.2) is 32.5 Å². The second-order valence-corrected chi connectivity index (χ2v) is 9.26. The van der Waals surface area contributed by atoms with Crippen molar-refractivity contribution in [2.24, 2.45) is 0 Å². The number of nitrogens with zero attached hydrogens (tertiary/aromatic N) is 3. The molecular weight excluding hydrogens is 467 g/mol. The van der Waals surface area contributed by atoms with Crippen LogP contribution in [0, 0.1) is 5.82 Å². The van der Waals surface area contributed by atoms with E-state index >= 15 is 0 Å². The highest BCUT2D eigenvalue weighted by atomic mass is 32.1. The first kappa shape index (κ1) is 24.3. The van der Waals surface area contributed by atoms with Gasteiger partial charge in [0, 0.05) is 17.8 Å². The van der Waals surface area contributed by atoms with Crippen LogP contribution in [0.15, 0.2) is 48.0 Å². The number of pyridine rings is 1. The van der Waals surface area contributed by atoms with E-state index in [0.717, 1.165) is 17.5 Å². The number of carbonyl (C=O) groups excluding carboxylic acids is 2. The highest BCUT2D eigenvalue weighted by Crippen LogP contribution is 2.28. The SMILES string of the molecule is CC[C@@H](C)NC(=O)c1cc(-c2csc(C(=O)N[C@@H](CC)c3ccc(F)cc3)c2)cn2nc(N)nc12. The van der Waals surface area contributed by atoms with Crippen LogP contribution in [0.1, 0.15) is 65.2 Å². The fourth-order valence-electron chi connectivity index (χ4n) is 3.68. The van der Waals surface area contributed by atoms with Crippen molar-refractivity contribution >= 4 is 34.7 Å². The van der Waals surface area contributed by atoms with Gasteiger partial charge in [0.05, 0.1) is 16.5 Å². The predicted molar refractivity (Wildman–Crippen MR) is 135 cm³/mol. The molecule has 0 aliphatic heterocycles. The molecule has 3 heterocycles. The van der Waals surface area contributed by atoms with Gasteiger partial charge in [-0.3, -0.25) is 9.59 Å². The van der Waals surface area contributed by atoms with E-state index in [2.05, 4.69) is 20.7 Å². The largest absolute Gasteiger partial charge is 0.366 e. The van der Waals surface area contributed by atoms with E-state index < -0.39 is 0 Å². The molecule has 0 fully saturated rings. The lowest BCUT2D eigenvalue weighted by atomic mass is 10.0. The lowest BCUT2D eigenvalue weighted by Gasteiger charge is -2.17. The van der Waals surface area contributed by atoms with Crippen molar-refractivity contribution in [1.82, 2.24) is 25.2 Å². The van der Waals surface area contributed by atoms with E-state index in [0.29, 0.717) is 28.1 Å². The van der Waals surface area contributed by atoms with Gasteiger partial charge in [0.1, 0.15) is 5.82 Å². The third-order valence-electron chi connectivity index (χ3n) is 5.83. The highest BCUT2D eigenvalue weighted by Gasteiger charge is 2.20. The summed E-state index contributed by atoms with van der Waals surface area (Å²) in [7, 11) is 0. The van der Waals surface area contributed by atoms with Crippen molar-refractivity contribution in [1.29, 1.82) is 0 Å². The molecule has 0 aliphatic rings. The minimum absolute atomic E-state index is 0.00413. The van der Waals surface area contributed by atoms with Gasteiger partial charge in [-0.15, -0.1) is 16.4 Å². The zero-order valence-electron chi connectivity index (χ0n) is 19.7. The number of benzene rings is 1. The monoisotopic (exact) mass is 494 g/mol. The molecule has 10 heteroatoms. The van der Waals surface area contributed by atoms with Crippen molar-refractivity contribution in [3.63, 3.8) is 0 Å². The van der Waals surface area contributed by atoms with Gasteiger partial charge in [0.2, 0.25) is 5.95 Å². The summed E-state index contributed by atoms with van der Waals surface area (Å²) < 4.78 is 14.8. The van der Waals surface area contributed by atoms with Crippen LogP contribution in [0.4, 0.5) is 10.3 Å². The second kappa shape index (κ2) is 10.2. The van der Waals surface area contributed by atoms with Crippen LogP contribution in [0.25, 0.3) is 16.8 Å². The summed E-state index contributed by atoms with van der Waals surface area (Å²) >= 11 is 1.30. The first-order valence-electron chi connectivity index (χ1n) is 11.4. The summed E-state index contributed by atoms with van der Waals surface area (Å²) in [6.45, 7) is 5.87. The number of fused-ring (bicyclic) bond motifs is 1. The molecule has 0 radical (unpaired) electrons. The molecule has 0 saturated heterocycles. The van der Waals surface area contributed by atoms with Crippen LogP contribution >= 0.6 is 11.3 Å². The molecular formula is C25H27FN6O2S. The van der Waals surface area contributed by atoms with E-state index in [1.165, 1.54) is 28.0 Å². The Morgan fingerprint density at radius 3 is 2.51 bits per heavy atom. The molecule has 182 valence electrons. The van der Waals surface area contributed by atoms with Crippen LogP contribution < -0.4 is 16.4 Å². The predicted octanol–water partition coefficient (Wildman–Crippen LogP) is 4.59. The van der Waals surface area contributed by atoms with Crippen LogP contribution in [0.2, 0.25) is 0 Å². The number of aromatic nitrogens is 3. The quantitative estimate of drug-likeness (QED) is 0.332. The molecule has 0 saturated carbocycles.